The smallest absolute Gasteiger partial charge is 0.356 e. The molecule has 1 heterocycles. The molecular formula is C8H9N3O. The molecule has 1 amide bonds. The van der Waals surface area contributed by atoms with Gasteiger partial charge < -0.3 is 10.4 Å². The molecule has 1 fully saturated rings. The first-order chi connectivity index (χ1) is 5.79. The second-order valence-electron chi connectivity index (χ2n) is 2.58. The molecule has 1 rings (SSSR count). The van der Waals surface area contributed by atoms with E-state index in [0.29, 0.717) is 13.0 Å². The summed E-state index contributed by atoms with van der Waals surface area (Å²) in [5.74, 6) is 2.13. The Labute approximate surface area is 70.8 Å². The highest BCUT2D eigenvalue weighted by Gasteiger charge is 2.29. The summed E-state index contributed by atoms with van der Waals surface area (Å²) in [5.41, 5.74) is 8.64. The molecule has 0 atom stereocenters. The monoisotopic (exact) mass is 163 g/mol. The summed E-state index contributed by atoms with van der Waals surface area (Å²) in [6, 6.07) is 0. The Morgan fingerprint density at radius 1 is 1.75 bits per heavy atom. The topological polar surface area (TPSA) is 56.7 Å². The maximum atomic E-state index is 11.3. The number of piperidine rings is 1. The molecule has 0 bridgehead atoms. The van der Waals surface area contributed by atoms with E-state index >= 15 is 0 Å². The summed E-state index contributed by atoms with van der Waals surface area (Å²) >= 11 is 0. The van der Waals surface area contributed by atoms with Crippen molar-refractivity contribution in [3.05, 3.63) is 5.53 Å². The summed E-state index contributed by atoms with van der Waals surface area (Å²) in [4.78, 5) is 15.7. The maximum absolute atomic E-state index is 11.3. The van der Waals surface area contributed by atoms with Gasteiger partial charge in [-0.1, -0.05) is 5.92 Å². The number of carbonyl (C=O) groups is 1. The molecule has 0 N–H and O–H groups in total. The molecule has 0 saturated carbocycles. The fourth-order valence-corrected chi connectivity index (χ4v) is 1.18. The largest absolute Gasteiger partial charge is 0.361 e. The second kappa shape index (κ2) is 3.70. The third-order valence-electron chi connectivity index (χ3n) is 1.78. The van der Waals surface area contributed by atoms with Gasteiger partial charge in [-0.05, 0) is 6.42 Å². The van der Waals surface area contributed by atoms with Crippen molar-refractivity contribution in [3.63, 3.8) is 0 Å². The van der Waals surface area contributed by atoms with Crippen LogP contribution in [-0.2, 0) is 4.79 Å². The number of hydrogen-bond donors (Lipinski definition) is 0. The molecule has 0 spiro atoms. The molecular weight excluding hydrogens is 154 g/mol. The first-order valence-corrected chi connectivity index (χ1v) is 3.73. The van der Waals surface area contributed by atoms with Gasteiger partial charge in [-0.15, -0.1) is 6.42 Å². The summed E-state index contributed by atoms with van der Waals surface area (Å²) in [6.07, 6.45) is 6.41. The normalized spacial score (nSPS) is 17.1. The Hall–Kier alpha value is -1.59. The van der Waals surface area contributed by atoms with E-state index in [-0.39, 0.29) is 18.2 Å². The average molecular weight is 163 g/mol. The van der Waals surface area contributed by atoms with Crippen LogP contribution in [0.25, 0.3) is 5.53 Å². The lowest BCUT2D eigenvalue weighted by atomic mass is 10.1. The SMILES string of the molecule is C#CCN1CCCC(=[N+]=[N-])C1=O. The van der Waals surface area contributed by atoms with E-state index < -0.39 is 0 Å². The number of carbonyl (C=O) groups excluding carboxylic acids is 1. The zero-order valence-corrected chi connectivity index (χ0v) is 6.66. The minimum absolute atomic E-state index is 0.205. The molecule has 0 radical (unpaired) electrons. The number of rotatable bonds is 1. The van der Waals surface area contributed by atoms with Crippen LogP contribution in [0.5, 0.6) is 0 Å². The zero-order chi connectivity index (χ0) is 8.97. The van der Waals surface area contributed by atoms with E-state index in [1.165, 1.54) is 4.90 Å². The predicted molar refractivity (Wildman–Crippen MR) is 43.3 cm³/mol. The second-order valence-corrected chi connectivity index (χ2v) is 2.58. The van der Waals surface area contributed by atoms with Crippen molar-refractivity contribution in [1.29, 1.82) is 0 Å². The maximum Gasteiger partial charge on any atom is 0.356 e. The first-order valence-electron chi connectivity index (χ1n) is 3.73. The predicted octanol–water partition coefficient (Wildman–Crippen LogP) is -0.0872. The molecule has 0 unspecified atom stereocenters. The molecule has 1 aliphatic heterocycles. The van der Waals surface area contributed by atoms with Gasteiger partial charge in [0.15, 0.2) is 0 Å². The van der Waals surface area contributed by atoms with Crippen LogP contribution in [0.2, 0.25) is 0 Å². The standard InChI is InChI=1S/C8H9N3O/c1-2-5-11-6-3-4-7(10-9)8(11)12/h1H,3-6H2. The number of terminal acetylenes is 1. The first kappa shape index (κ1) is 8.51. The van der Waals surface area contributed by atoms with Crippen molar-refractivity contribution in [2.24, 2.45) is 0 Å². The van der Waals surface area contributed by atoms with Crippen LogP contribution >= 0.6 is 0 Å². The van der Waals surface area contributed by atoms with Gasteiger partial charge in [0, 0.05) is 6.54 Å². The van der Waals surface area contributed by atoms with E-state index in [4.69, 9.17) is 12.0 Å². The molecule has 1 saturated heterocycles. The quantitative estimate of drug-likeness (QED) is 0.303. The van der Waals surface area contributed by atoms with E-state index in [1.807, 2.05) is 0 Å². The van der Waals surface area contributed by atoms with Crippen molar-refractivity contribution < 1.29 is 9.58 Å². The van der Waals surface area contributed by atoms with Crippen molar-refractivity contribution >= 4 is 11.6 Å². The molecule has 0 aromatic heterocycles. The lowest BCUT2D eigenvalue weighted by molar-refractivity contribution is -0.129. The molecule has 0 aliphatic carbocycles. The third kappa shape index (κ3) is 1.52. The minimum Gasteiger partial charge on any atom is -0.361 e. The van der Waals surface area contributed by atoms with Crippen LogP contribution < -0.4 is 0 Å². The van der Waals surface area contributed by atoms with Gasteiger partial charge in [0.2, 0.25) is 0 Å². The fourth-order valence-electron chi connectivity index (χ4n) is 1.18. The Kier molecular flexibility index (Phi) is 2.62. The average Bonchev–Trinajstić information content (AvgIpc) is 2.09. The Morgan fingerprint density at radius 3 is 3.08 bits per heavy atom. The zero-order valence-electron chi connectivity index (χ0n) is 6.66. The molecule has 4 nitrogen and oxygen atoms in total. The Morgan fingerprint density at radius 2 is 2.50 bits per heavy atom. The van der Waals surface area contributed by atoms with Crippen LogP contribution in [0.1, 0.15) is 12.8 Å². The molecule has 4 heteroatoms. The van der Waals surface area contributed by atoms with Crippen molar-refractivity contribution in [2.45, 2.75) is 12.8 Å². The Bertz CT molecular complexity index is 283. The highest BCUT2D eigenvalue weighted by atomic mass is 16.2. The number of amides is 1. The van der Waals surface area contributed by atoms with E-state index in [1.54, 1.807) is 0 Å². The van der Waals surface area contributed by atoms with Gasteiger partial charge in [-0.3, -0.25) is 4.79 Å². The van der Waals surface area contributed by atoms with Crippen molar-refractivity contribution in [2.75, 3.05) is 13.1 Å². The minimum atomic E-state index is -0.248. The van der Waals surface area contributed by atoms with Crippen LogP contribution in [0.3, 0.4) is 0 Å². The number of nitrogens with zero attached hydrogens (tertiary/aromatic N) is 3. The fraction of sp³-hybridized carbons (Fsp3) is 0.500. The molecule has 12 heavy (non-hydrogen) atoms. The van der Waals surface area contributed by atoms with Crippen molar-refractivity contribution in [1.82, 2.24) is 4.90 Å². The lowest BCUT2D eigenvalue weighted by Crippen LogP contribution is -2.42. The molecule has 0 aromatic carbocycles. The van der Waals surface area contributed by atoms with Crippen LogP contribution in [-0.4, -0.2) is 34.4 Å². The van der Waals surface area contributed by atoms with E-state index in [0.717, 1.165) is 6.42 Å². The van der Waals surface area contributed by atoms with Gasteiger partial charge in [-0.2, -0.15) is 4.79 Å². The van der Waals surface area contributed by atoms with Gasteiger partial charge >= 0.3 is 11.6 Å². The van der Waals surface area contributed by atoms with Crippen LogP contribution in [0.4, 0.5) is 0 Å². The van der Waals surface area contributed by atoms with Gasteiger partial charge in [0.25, 0.3) is 0 Å². The summed E-state index contributed by atoms with van der Waals surface area (Å²) in [6.45, 7) is 0.944. The lowest BCUT2D eigenvalue weighted by Gasteiger charge is -2.21. The van der Waals surface area contributed by atoms with E-state index in [9.17, 15) is 4.79 Å². The van der Waals surface area contributed by atoms with Crippen molar-refractivity contribution in [3.8, 4) is 12.3 Å². The summed E-state index contributed by atoms with van der Waals surface area (Å²) in [7, 11) is 0. The third-order valence-corrected chi connectivity index (χ3v) is 1.78. The summed E-state index contributed by atoms with van der Waals surface area (Å²) < 4.78 is 0. The van der Waals surface area contributed by atoms with Gasteiger partial charge in [0.1, 0.15) is 0 Å². The van der Waals surface area contributed by atoms with Gasteiger partial charge in [-0.25, -0.2) is 0 Å². The van der Waals surface area contributed by atoms with Gasteiger partial charge in [0.05, 0.1) is 13.0 Å². The Balaban J connectivity index is 2.74. The highest BCUT2D eigenvalue weighted by Crippen LogP contribution is 2.06. The molecule has 1 aliphatic rings. The highest BCUT2D eigenvalue weighted by molar-refractivity contribution is 6.36. The number of likely N-dealkylation sites (tertiary alicyclic amines) is 1. The van der Waals surface area contributed by atoms with Crippen LogP contribution in [0.15, 0.2) is 0 Å². The van der Waals surface area contributed by atoms with Crippen LogP contribution in [0, 0.1) is 12.3 Å². The molecule has 62 valence electrons. The molecule has 0 aromatic rings. The summed E-state index contributed by atoms with van der Waals surface area (Å²) in [5, 5.41) is 0. The number of hydrogen-bond acceptors (Lipinski definition) is 1. The van der Waals surface area contributed by atoms with E-state index in [2.05, 4.69) is 10.7 Å².